The quantitative estimate of drug-likeness (QED) is 0.503. The molecule has 2 rings (SSSR count). The molecule has 106 valence electrons. The van der Waals surface area contributed by atoms with Crippen LogP contribution < -0.4 is 11.2 Å². The Morgan fingerprint density at radius 1 is 1.15 bits per heavy atom. The zero-order chi connectivity index (χ0) is 14.5. The third-order valence-corrected chi connectivity index (χ3v) is 3.21. The number of nitrogens with two attached hydrogens (primary N) is 1. The maximum absolute atomic E-state index is 5.45. The van der Waals surface area contributed by atoms with E-state index in [0.29, 0.717) is 0 Å². The van der Waals surface area contributed by atoms with Gasteiger partial charge in [0.05, 0.1) is 30.1 Å². The number of nitrogens with zero attached hydrogens (tertiary/aromatic N) is 1. The number of hydrogen-bond donors (Lipinski definition) is 2. The molecule has 0 aromatic carbocycles. The molecular formula is C14H17N3O2S. The third-order valence-electron chi connectivity index (χ3n) is 3.12. The molecule has 20 heavy (non-hydrogen) atoms. The van der Waals surface area contributed by atoms with E-state index in [-0.39, 0.29) is 16.9 Å². The average molecular weight is 291 g/mol. The van der Waals surface area contributed by atoms with Gasteiger partial charge in [-0.3, -0.25) is 5.43 Å². The summed E-state index contributed by atoms with van der Waals surface area (Å²) in [4.78, 5) is 0. The van der Waals surface area contributed by atoms with Crippen molar-refractivity contribution in [1.82, 2.24) is 5.43 Å². The minimum Gasteiger partial charge on any atom is -0.469 e. The normalized spacial score (nSPS) is 13.5. The SMILES string of the molecule is CC(C(=NNC(N)=S)C(C)c1ccco1)c1ccco1. The standard InChI is InChI=1S/C14H17N3O2S/c1-9(11-5-3-7-18-11)13(16-17-14(15)20)10(2)12-6-4-8-19-12/h3-10H,1-2H3,(H3,15,17,20). The van der Waals surface area contributed by atoms with Gasteiger partial charge in [0.15, 0.2) is 5.11 Å². The first-order chi connectivity index (χ1) is 9.59. The van der Waals surface area contributed by atoms with Crippen molar-refractivity contribution in [2.75, 3.05) is 0 Å². The third kappa shape index (κ3) is 3.27. The van der Waals surface area contributed by atoms with E-state index >= 15 is 0 Å². The number of nitrogens with one attached hydrogen (secondary N) is 1. The second kappa shape index (κ2) is 6.38. The number of thiocarbonyl (C=S) groups is 1. The molecule has 0 bridgehead atoms. The molecule has 0 saturated heterocycles. The van der Waals surface area contributed by atoms with Gasteiger partial charge in [0, 0.05) is 0 Å². The van der Waals surface area contributed by atoms with E-state index in [4.69, 9.17) is 26.8 Å². The summed E-state index contributed by atoms with van der Waals surface area (Å²) < 4.78 is 10.9. The van der Waals surface area contributed by atoms with E-state index in [0.717, 1.165) is 17.2 Å². The first-order valence-corrected chi connectivity index (χ1v) is 6.70. The van der Waals surface area contributed by atoms with Gasteiger partial charge >= 0.3 is 0 Å². The van der Waals surface area contributed by atoms with E-state index in [1.54, 1.807) is 12.5 Å². The maximum atomic E-state index is 5.45. The van der Waals surface area contributed by atoms with Crippen LogP contribution in [0.2, 0.25) is 0 Å². The molecule has 2 atom stereocenters. The number of furan rings is 2. The smallest absolute Gasteiger partial charge is 0.184 e. The van der Waals surface area contributed by atoms with Crippen LogP contribution in [0.25, 0.3) is 0 Å². The van der Waals surface area contributed by atoms with Crippen LogP contribution in [0, 0.1) is 0 Å². The van der Waals surface area contributed by atoms with Crippen molar-refractivity contribution in [3.05, 3.63) is 48.3 Å². The van der Waals surface area contributed by atoms with E-state index in [2.05, 4.69) is 10.5 Å². The van der Waals surface area contributed by atoms with E-state index in [9.17, 15) is 0 Å². The largest absolute Gasteiger partial charge is 0.469 e. The minimum atomic E-state index is -0.0213. The van der Waals surface area contributed by atoms with Gasteiger partial charge in [0.2, 0.25) is 0 Å². The van der Waals surface area contributed by atoms with Crippen molar-refractivity contribution in [2.45, 2.75) is 25.7 Å². The first-order valence-electron chi connectivity index (χ1n) is 6.29. The van der Waals surface area contributed by atoms with Crippen LogP contribution in [0.15, 0.2) is 50.7 Å². The fourth-order valence-corrected chi connectivity index (χ4v) is 2.10. The molecule has 5 nitrogen and oxygen atoms in total. The van der Waals surface area contributed by atoms with Crippen LogP contribution >= 0.6 is 12.2 Å². The molecule has 2 aromatic heterocycles. The van der Waals surface area contributed by atoms with Gasteiger partial charge in [-0.05, 0) is 50.3 Å². The molecule has 0 fully saturated rings. The molecule has 0 aliphatic carbocycles. The lowest BCUT2D eigenvalue weighted by Gasteiger charge is -2.18. The van der Waals surface area contributed by atoms with Crippen LogP contribution in [0.1, 0.15) is 37.2 Å². The van der Waals surface area contributed by atoms with E-state index in [1.807, 2.05) is 38.1 Å². The summed E-state index contributed by atoms with van der Waals surface area (Å²) in [6, 6.07) is 7.52. The predicted octanol–water partition coefficient (Wildman–Crippen LogP) is 2.97. The van der Waals surface area contributed by atoms with Gasteiger partial charge in [-0.2, -0.15) is 5.10 Å². The Hall–Kier alpha value is -2.08. The first kappa shape index (κ1) is 14.3. The summed E-state index contributed by atoms with van der Waals surface area (Å²) in [7, 11) is 0. The van der Waals surface area contributed by atoms with Crippen molar-refractivity contribution in [2.24, 2.45) is 10.8 Å². The van der Waals surface area contributed by atoms with Crippen LogP contribution in [-0.4, -0.2) is 10.8 Å². The summed E-state index contributed by atoms with van der Waals surface area (Å²) in [5.74, 6) is 1.61. The highest BCUT2D eigenvalue weighted by atomic mass is 32.1. The van der Waals surface area contributed by atoms with Crippen molar-refractivity contribution in [1.29, 1.82) is 0 Å². The second-order valence-electron chi connectivity index (χ2n) is 4.49. The molecule has 0 radical (unpaired) electrons. The van der Waals surface area contributed by atoms with Crippen LogP contribution in [-0.2, 0) is 0 Å². The highest BCUT2D eigenvalue weighted by molar-refractivity contribution is 7.80. The number of rotatable bonds is 5. The summed E-state index contributed by atoms with van der Waals surface area (Å²) >= 11 is 4.80. The molecule has 0 aliphatic rings. The lowest BCUT2D eigenvalue weighted by molar-refractivity contribution is 0.488. The average Bonchev–Trinajstić information content (AvgIpc) is 3.11. The van der Waals surface area contributed by atoms with Gasteiger partial charge in [0.1, 0.15) is 11.5 Å². The Balaban J connectivity index is 2.29. The summed E-state index contributed by atoms with van der Waals surface area (Å²) in [6.07, 6.45) is 3.28. The molecule has 0 aliphatic heterocycles. The fraction of sp³-hybridized carbons (Fsp3) is 0.286. The van der Waals surface area contributed by atoms with Crippen molar-refractivity contribution in [3.63, 3.8) is 0 Å². The molecule has 2 aromatic rings. The van der Waals surface area contributed by atoms with Gasteiger partial charge in [-0.1, -0.05) is 0 Å². The molecule has 0 saturated carbocycles. The molecule has 0 amide bonds. The highest BCUT2D eigenvalue weighted by Crippen LogP contribution is 2.27. The lowest BCUT2D eigenvalue weighted by atomic mass is 9.91. The Bertz CT molecular complexity index is 533. The van der Waals surface area contributed by atoms with E-state index < -0.39 is 0 Å². The van der Waals surface area contributed by atoms with Crippen molar-refractivity contribution >= 4 is 23.0 Å². The van der Waals surface area contributed by atoms with E-state index in [1.165, 1.54) is 0 Å². The Morgan fingerprint density at radius 2 is 1.65 bits per heavy atom. The number of hydrogen-bond acceptors (Lipinski definition) is 4. The maximum Gasteiger partial charge on any atom is 0.184 e. The second-order valence-corrected chi connectivity index (χ2v) is 4.93. The van der Waals surface area contributed by atoms with Crippen LogP contribution in [0.5, 0.6) is 0 Å². The monoisotopic (exact) mass is 291 g/mol. The predicted molar refractivity (Wildman–Crippen MR) is 81.6 cm³/mol. The molecule has 3 N–H and O–H groups in total. The van der Waals surface area contributed by atoms with Crippen LogP contribution in [0.4, 0.5) is 0 Å². The van der Waals surface area contributed by atoms with Crippen molar-refractivity contribution < 1.29 is 8.83 Å². The molecule has 2 heterocycles. The van der Waals surface area contributed by atoms with Gasteiger partial charge in [-0.15, -0.1) is 0 Å². The van der Waals surface area contributed by atoms with Crippen molar-refractivity contribution in [3.8, 4) is 0 Å². The Labute approximate surface area is 122 Å². The molecule has 2 unspecified atom stereocenters. The molecule has 6 heteroatoms. The number of hydrazone groups is 1. The molecule has 0 spiro atoms. The highest BCUT2D eigenvalue weighted by Gasteiger charge is 2.24. The minimum absolute atomic E-state index is 0.0213. The van der Waals surface area contributed by atoms with Gasteiger partial charge in [0.25, 0.3) is 0 Å². The zero-order valence-electron chi connectivity index (χ0n) is 11.4. The lowest BCUT2D eigenvalue weighted by Crippen LogP contribution is -2.28. The van der Waals surface area contributed by atoms with Gasteiger partial charge < -0.3 is 14.6 Å². The summed E-state index contributed by atoms with van der Waals surface area (Å²) in [5, 5.41) is 4.44. The topological polar surface area (TPSA) is 76.7 Å². The van der Waals surface area contributed by atoms with Crippen LogP contribution in [0.3, 0.4) is 0 Å². The fourth-order valence-electron chi connectivity index (χ4n) is 2.06. The molecular weight excluding hydrogens is 274 g/mol. The Kier molecular flexibility index (Phi) is 4.57. The summed E-state index contributed by atoms with van der Waals surface area (Å²) in [5.41, 5.74) is 8.93. The Morgan fingerprint density at radius 3 is 2.00 bits per heavy atom. The van der Waals surface area contributed by atoms with Gasteiger partial charge in [-0.25, -0.2) is 0 Å². The summed E-state index contributed by atoms with van der Waals surface area (Å²) in [6.45, 7) is 4.02. The zero-order valence-corrected chi connectivity index (χ0v) is 12.2.